The van der Waals surface area contributed by atoms with E-state index in [9.17, 15) is 0 Å². The van der Waals surface area contributed by atoms with E-state index >= 15 is 0 Å². The number of nitrogens with zero attached hydrogens (tertiary/aromatic N) is 1. The summed E-state index contributed by atoms with van der Waals surface area (Å²) in [6.45, 7) is 11.9. The summed E-state index contributed by atoms with van der Waals surface area (Å²) in [5, 5.41) is 0. The summed E-state index contributed by atoms with van der Waals surface area (Å²) in [5.74, 6) is 0. The summed E-state index contributed by atoms with van der Waals surface area (Å²) in [5.41, 5.74) is 5.72. The molecule has 1 aromatic heterocycles. The van der Waals surface area contributed by atoms with E-state index in [4.69, 9.17) is 4.74 Å². The quantitative estimate of drug-likeness (QED) is 0.773. The highest BCUT2D eigenvalue weighted by Gasteiger charge is 2.09. The molecule has 1 rings (SSSR count). The van der Waals surface area contributed by atoms with E-state index in [1.807, 2.05) is 0 Å². The van der Waals surface area contributed by atoms with Crippen molar-refractivity contribution >= 4 is 0 Å². The van der Waals surface area contributed by atoms with Crippen molar-refractivity contribution < 1.29 is 4.74 Å². The summed E-state index contributed by atoms with van der Waals surface area (Å²) >= 11 is 0. The van der Waals surface area contributed by atoms with Crippen molar-refractivity contribution in [3.63, 3.8) is 0 Å². The van der Waals surface area contributed by atoms with Crippen LogP contribution in [0.4, 0.5) is 0 Å². The molecule has 0 radical (unpaired) electrons. The predicted molar refractivity (Wildman–Crippen MR) is 63.8 cm³/mol. The molecule has 0 aliphatic carbocycles. The van der Waals surface area contributed by atoms with E-state index in [1.165, 1.54) is 11.4 Å². The molecule has 0 fully saturated rings. The number of nitrogens with one attached hydrogen (secondary N) is 1. The minimum absolute atomic E-state index is 0.0531. The molecule has 0 amide bonds. The number of aromatic nitrogens is 1. The summed E-state index contributed by atoms with van der Waals surface area (Å²) < 4.78 is 7.72. The Morgan fingerprint density at radius 3 is 2.20 bits per heavy atom. The van der Waals surface area contributed by atoms with Crippen LogP contribution in [-0.4, -0.2) is 23.4 Å². The van der Waals surface area contributed by atoms with Crippen molar-refractivity contribution in [1.82, 2.24) is 4.68 Å². The predicted octanol–water partition coefficient (Wildman–Crippen LogP) is 2.46. The Labute approximate surface area is 92.4 Å². The number of ether oxygens (including phenoxy) is 1. The van der Waals surface area contributed by atoms with Gasteiger partial charge in [-0.2, -0.15) is 0 Å². The van der Waals surface area contributed by atoms with Crippen molar-refractivity contribution in [2.24, 2.45) is 0 Å². The SMILES string of the molecule is Cc1ccc(C)n1NCCOC(C)(C)C. The van der Waals surface area contributed by atoms with Crippen LogP contribution < -0.4 is 5.43 Å². The Kier molecular flexibility index (Phi) is 3.80. The van der Waals surface area contributed by atoms with Gasteiger partial charge >= 0.3 is 0 Å². The molecule has 1 aromatic rings. The lowest BCUT2D eigenvalue weighted by atomic mass is 10.2. The Morgan fingerprint density at radius 1 is 1.20 bits per heavy atom. The van der Waals surface area contributed by atoms with E-state index in [1.54, 1.807) is 0 Å². The van der Waals surface area contributed by atoms with Crippen molar-refractivity contribution in [1.29, 1.82) is 0 Å². The van der Waals surface area contributed by atoms with E-state index in [-0.39, 0.29) is 5.60 Å². The highest BCUT2D eigenvalue weighted by molar-refractivity contribution is 5.15. The second kappa shape index (κ2) is 4.71. The average Bonchev–Trinajstić information content (AvgIpc) is 2.40. The Balaban J connectivity index is 2.32. The van der Waals surface area contributed by atoms with Crippen LogP contribution in [0.15, 0.2) is 12.1 Å². The summed E-state index contributed by atoms with van der Waals surface area (Å²) in [6.07, 6.45) is 0. The largest absolute Gasteiger partial charge is 0.374 e. The van der Waals surface area contributed by atoms with Gasteiger partial charge in [-0.15, -0.1) is 0 Å². The molecule has 0 spiro atoms. The molecule has 0 aromatic carbocycles. The van der Waals surface area contributed by atoms with Gasteiger partial charge in [0.15, 0.2) is 0 Å². The van der Waals surface area contributed by atoms with E-state index in [0.29, 0.717) is 0 Å². The van der Waals surface area contributed by atoms with Gasteiger partial charge in [0.1, 0.15) is 0 Å². The van der Waals surface area contributed by atoms with Crippen molar-refractivity contribution in [3.05, 3.63) is 23.5 Å². The molecule has 0 bridgehead atoms. The first-order valence-corrected chi connectivity index (χ1v) is 5.43. The van der Waals surface area contributed by atoms with Gasteiger partial charge in [0.25, 0.3) is 0 Å². The number of hydrogen-bond donors (Lipinski definition) is 1. The zero-order chi connectivity index (χ0) is 11.5. The van der Waals surface area contributed by atoms with Crippen molar-refractivity contribution in [2.75, 3.05) is 18.6 Å². The smallest absolute Gasteiger partial charge is 0.0662 e. The lowest BCUT2D eigenvalue weighted by Gasteiger charge is -2.20. The van der Waals surface area contributed by atoms with Gasteiger partial charge in [0.05, 0.1) is 18.8 Å². The lowest BCUT2D eigenvalue weighted by molar-refractivity contribution is 0.00255. The number of rotatable bonds is 4. The van der Waals surface area contributed by atoms with Crippen LogP contribution in [-0.2, 0) is 4.74 Å². The minimum atomic E-state index is -0.0531. The van der Waals surface area contributed by atoms with Gasteiger partial charge in [-0.25, -0.2) is 0 Å². The van der Waals surface area contributed by atoms with Crippen molar-refractivity contribution in [3.8, 4) is 0 Å². The standard InChI is InChI=1S/C12H22N2O/c1-10-6-7-11(2)14(10)13-8-9-15-12(3,4)5/h6-7,13H,8-9H2,1-5H3. The van der Waals surface area contributed by atoms with Crippen LogP contribution >= 0.6 is 0 Å². The maximum absolute atomic E-state index is 5.63. The molecule has 3 heteroatoms. The summed E-state index contributed by atoms with van der Waals surface area (Å²) in [7, 11) is 0. The first-order chi connectivity index (χ1) is 6.90. The average molecular weight is 210 g/mol. The molecule has 0 unspecified atom stereocenters. The Morgan fingerprint density at radius 2 is 1.73 bits per heavy atom. The molecule has 0 atom stereocenters. The molecule has 0 aliphatic heterocycles. The fraction of sp³-hybridized carbons (Fsp3) is 0.667. The van der Waals surface area contributed by atoms with Gasteiger partial charge in [-0.3, -0.25) is 4.68 Å². The summed E-state index contributed by atoms with van der Waals surface area (Å²) in [4.78, 5) is 0. The second-order valence-electron chi connectivity index (χ2n) is 4.82. The highest BCUT2D eigenvalue weighted by Crippen LogP contribution is 2.06. The van der Waals surface area contributed by atoms with E-state index in [2.05, 4.69) is 56.9 Å². The van der Waals surface area contributed by atoms with Gasteiger partial charge < -0.3 is 10.2 Å². The van der Waals surface area contributed by atoms with Gasteiger partial charge in [-0.05, 0) is 46.8 Å². The molecule has 0 saturated heterocycles. The molecule has 0 aliphatic rings. The summed E-state index contributed by atoms with van der Waals surface area (Å²) in [6, 6.07) is 4.21. The van der Waals surface area contributed by atoms with Gasteiger partial charge in [0, 0.05) is 11.4 Å². The molecule has 1 N–H and O–H groups in total. The molecule has 1 heterocycles. The van der Waals surface area contributed by atoms with E-state index < -0.39 is 0 Å². The molecule has 15 heavy (non-hydrogen) atoms. The normalized spacial score (nSPS) is 11.8. The maximum atomic E-state index is 5.63. The first kappa shape index (κ1) is 12.1. The third-order valence-corrected chi connectivity index (χ3v) is 2.18. The van der Waals surface area contributed by atoms with E-state index in [0.717, 1.165) is 13.2 Å². The third kappa shape index (κ3) is 3.96. The second-order valence-corrected chi connectivity index (χ2v) is 4.82. The van der Waals surface area contributed by atoms with Crippen LogP contribution in [0.5, 0.6) is 0 Å². The van der Waals surface area contributed by atoms with Crippen molar-refractivity contribution in [2.45, 2.75) is 40.2 Å². The third-order valence-electron chi connectivity index (χ3n) is 2.18. The fourth-order valence-electron chi connectivity index (χ4n) is 1.43. The van der Waals surface area contributed by atoms with Crippen LogP contribution in [0.1, 0.15) is 32.2 Å². The van der Waals surface area contributed by atoms with Crippen LogP contribution in [0.25, 0.3) is 0 Å². The Bertz CT molecular complexity index is 290. The highest BCUT2D eigenvalue weighted by atomic mass is 16.5. The Hall–Kier alpha value is -0.960. The monoisotopic (exact) mass is 210 g/mol. The topological polar surface area (TPSA) is 26.2 Å². The minimum Gasteiger partial charge on any atom is -0.374 e. The maximum Gasteiger partial charge on any atom is 0.0662 e. The molecule has 86 valence electrons. The number of aryl methyl sites for hydroxylation is 2. The molecular weight excluding hydrogens is 188 g/mol. The zero-order valence-electron chi connectivity index (χ0n) is 10.4. The van der Waals surface area contributed by atoms with Crippen LogP contribution in [0.2, 0.25) is 0 Å². The van der Waals surface area contributed by atoms with Crippen LogP contribution in [0, 0.1) is 13.8 Å². The first-order valence-electron chi connectivity index (χ1n) is 5.43. The molecule has 3 nitrogen and oxygen atoms in total. The molecular formula is C12H22N2O. The lowest BCUT2D eigenvalue weighted by Crippen LogP contribution is -2.27. The van der Waals surface area contributed by atoms with Gasteiger partial charge in [-0.1, -0.05) is 0 Å². The van der Waals surface area contributed by atoms with Gasteiger partial charge in [0.2, 0.25) is 0 Å². The number of hydrogen-bond acceptors (Lipinski definition) is 2. The van der Waals surface area contributed by atoms with Crippen LogP contribution in [0.3, 0.4) is 0 Å². The molecule has 0 saturated carbocycles. The zero-order valence-corrected chi connectivity index (χ0v) is 10.4. The fourth-order valence-corrected chi connectivity index (χ4v) is 1.43.